The number of likely N-dealkylation sites (N-methyl/N-ethyl adjacent to an activating group) is 1. The predicted octanol–water partition coefficient (Wildman–Crippen LogP) is 1.32. The number of amides is 1. The van der Waals surface area contributed by atoms with Gasteiger partial charge < -0.3 is 20.1 Å². The number of hydrogen-bond donors (Lipinski definition) is 2. The van der Waals surface area contributed by atoms with Gasteiger partial charge in [0.15, 0.2) is 0 Å². The molecule has 6 nitrogen and oxygen atoms in total. The van der Waals surface area contributed by atoms with Gasteiger partial charge in [-0.2, -0.15) is 5.26 Å². The van der Waals surface area contributed by atoms with Gasteiger partial charge in [0, 0.05) is 32.4 Å². The molecule has 1 amide bonds. The summed E-state index contributed by atoms with van der Waals surface area (Å²) in [5.74, 6) is -0.380. The minimum Gasteiger partial charge on any atom is -0.395 e. The fraction of sp³-hybridized carbons (Fsp3) is 0.444. The molecule has 1 atom stereocenters. The quantitative estimate of drug-likeness (QED) is 0.582. The number of aliphatic hydroxyl groups excluding tert-OH is 1. The Labute approximate surface area is 142 Å². The highest BCUT2D eigenvalue weighted by Gasteiger charge is 2.17. The van der Waals surface area contributed by atoms with Crippen LogP contribution >= 0.6 is 0 Å². The van der Waals surface area contributed by atoms with Crippen molar-refractivity contribution in [1.29, 1.82) is 5.26 Å². The fourth-order valence-corrected chi connectivity index (χ4v) is 2.53. The third kappa shape index (κ3) is 5.08. The molecule has 0 bridgehead atoms. The second kappa shape index (κ2) is 9.06. The number of ether oxygens (including phenoxy) is 1. The lowest BCUT2D eigenvalue weighted by atomic mass is 10.1. The van der Waals surface area contributed by atoms with Crippen LogP contribution in [0.5, 0.6) is 0 Å². The molecule has 0 saturated carbocycles. The third-order valence-corrected chi connectivity index (χ3v) is 3.96. The van der Waals surface area contributed by atoms with Crippen molar-refractivity contribution in [3.05, 3.63) is 35.4 Å². The summed E-state index contributed by atoms with van der Waals surface area (Å²) in [5, 5.41) is 20.9. The average molecular weight is 329 g/mol. The number of hydrogen-bond acceptors (Lipinski definition) is 5. The highest BCUT2D eigenvalue weighted by Crippen LogP contribution is 2.16. The maximum atomic E-state index is 12.1. The Morgan fingerprint density at radius 2 is 2.25 bits per heavy atom. The predicted molar refractivity (Wildman–Crippen MR) is 92.4 cm³/mol. The molecule has 1 heterocycles. The van der Waals surface area contributed by atoms with E-state index >= 15 is 0 Å². The van der Waals surface area contributed by atoms with Gasteiger partial charge in [-0.25, -0.2) is 0 Å². The van der Waals surface area contributed by atoms with Crippen LogP contribution in [0, 0.1) is 11.3 Å². The molecular formula is C18H23N3O3. The van der Waals surface area contributed by atoms with Crippen molar-refractivity contribution in [3.8, 4) is 6.07 Å². The molecule has 0 radical (unpaired) electrons. The van der Waals surface area contributed by atoms with E-state index in [1.807, 2.05) is 42.3 Å². The molecule has 24 heavy (non-hydrogen) atoms. The van der Waals surface area contributed by atoms with Crippen LogP contribution in [0.2, 0.25) is 0 Å². The first-order chi connectivity index (χ1) is 11.6. The van der Waals surface area contributed by atoms with Gasteiger partial charge in [0.25, 0.3) is 5.91 Å². The van der Waals surface area contributed by atoms with E-state index in [-0.39, 0.29) is 24.2 Å². The Hall–Kier alpha value is -2.36. The number of aliphatic hydroxyl groups is 1. The van der Waals surface area contributed by atoms with Crippen LogP contribution in [-0.2, 0) is 9.53 Å². The van der Waals surface area contributed by atoms with Gasteiger partial charge in [0.2, 0.25) is 0 Å². The Morgan fingerprint density at radius 3 is 2.83 bits per heavy atom. The monoisotopic (exact) mass is 329 g/mol. The molecule has 0 aromatic heterocycles. The summed E-state index contributed by atoms with van der Waals surface area (Å²) in [6, 6.07) is 9.41. The summed E-state index contributed by atoms with van der Waals surface area (Å²) in [6.45, 7) is 1.80. The number of benzene rings is 1. The molecule has 6 heteroatoms. The van der Waals surface area contributed by atoms with Crippen LogP contribution < -0.4 is 10.2 Å². The van der Waals surface area contributed by atoms with Crippen LogP contribution in [-0.4, -0.2) is 50.5 Å². The highest BCUT2D eigenvalue weighted by molar-refractivity contribution is 6.01. The second-order valence-corrected chi connectivity index (χ2v) is 5.75. The number of carbonyl (C=O) groups excluding carboxylic acids is 1. The lowest BCUT2D eigenvalue weighted by Gasteiger charge is -2.17. The van der Waals surface area contributed by atoms with Gasteiger partial charge in [-0.3, -0.25) is 4.79 Å². The average Bonchev–Trinajstić information content (AvgIpc) is 3.12. The lowest BCUT2D eigenvalue weighted by Crippen LogP contribution is -2.32. The summed E-state index contributed by atoms with van der Waals surface area (Å²) in [4.78, 5) is 14.0. The van der Waals surface area contributed by atoms with Gasteiger partial charge in [-0.15, -0.1) is 0 Å². The minimum absolute atomic E-state index is 0.0511. The number of nitriles is 1. The second-order valence-electron chi connectivity index (χ2n) is 5.75. The molecular weight excluding hydrogens is 306 g/mol. The van der Waals surface area contributed by atoms with E-state index in [9.17, 15) is 10.1 Å². The van der Waals surface area contributed by atoms with E-state index in [1.165, 1.54) is 0 Å². The molecule has 1 fully saturated rings. The van der Waals surface area contributed by atoms with Crippen molar-refractivity contribution >= 4 is 17.7 Å². The number of rotatable bonds is 7. The first-order valence-electron chi connectivity index (χ1n) is 8.07. The van der Waals surface area contributed by atoms with Crippen molar-refractivity contribution in [3.63, 3.8) is 0 Å². The summed E-state index contributed by atoms with van der Waals surface area (Å²) in [5.41, 5.74) is 1.81. The van der Waals surface area contributed by atoms with Crippen molar-refractivity contribution in [2.75, 3.05) is 38.3 Å². The molecule has 0 unspecified atom stereocenters. The Balaban J connectivity index is 1.98. The van der Waals surface area contributed by atoms with E-state index in [2.05, 4.69) is 5.32 Å². The van der Waals surface area contributed by atoms with Crippen LogP contribution in [0.3, 0.4) is 0 Å². The standard InChI is InChI=1S/C18H23N3O3/c1-21(8-9-22)16-6-4-14(5-7-16)11-15(12-19)18(23)20-13-17-3-2-10-24-17/h4-7,11,17,22H,2-3,8-10,13H2,1H3,(H,20,23)/b15-11+/t17-/m1/s1. The lowest BCUT2D eigenvalue weighted by molar-refractivity contribution is -0.117. The van der Waals surface area contributed by atoms with Gasteiger partial charge in [-0.05, 0) is 36.6 Å². The molecule has 2 N–H and O–H groups in total. The van der Waals surface area contributed by atoms with E-state index < -0.39 is 0 Å². The Kier molecular flexibility index (Phi) is 6.79. The highest BCUT2D eigenvalue weighted by atomic mass is 16.5. The zero-order chi connectivity index (χ0) is 17.4. The molecule has 2 rings (SSSR count). The first kappa shape index (κ1) is 18.0. The van der Waals surface area contributed by atoms with Crippen molar-refractivity contribution in [1.82, 2.24) is 5.32 Å². The molecule has 1 aliphatic heterocycles. The molecule has 1 saturated heterocycles. The summed E-state index contributed by atoms with van der Waals surface area (Å²) >= 11 is 0. The first-order valence-corrected chi connectivity index (χ1v) is 8.07. The fourth-order valence-electron chi connectivity index (χ4n) is 2.53. The maximum absolute atomic E-state index is 12.1. The number of carbonyl (C=O) groups is 1. The van der Waals surface area contributed by atoms with Crippen LogP contribution in [0.15, 0.2) is 29.8 Å². The van der Waals surface area contributed by atoms with E-state index in [4.69, 9.17) is 9.84 Å². The summed E-state index contributed by atoms with van der Waals surface area (Å²) in [7, 11) is 1.89. The van der Waals surface area contributed by atoms with Crippen LogP contribution in [0.4, 0.5) is 5.69 Å². The molecule has 128 valence electrons. The van der Waals surface area contributed by atoms with Crippen LogP contribution in [0.25, 0.3) is 6.08 Å². The summed E-state index contributed by atoms with van der Waals surface area (Å²) in [6.07, 6.45) is 3.57. The normalized spacial score (nSPS) is 17.4. The Morgan fingerprint density at radius 1 is 1.50 bits per heavy atom. The minimum atomic E-state index is -0.380. The van der Waals surface area contributed by atoms with Gasteiger partial charge >= 0.3 is 0 Å². The zero-order valence-electron chi connectivity index (χ0n) is 13.9. The molecule has 1 aliphatic rings. The molecule has 0 spiro atoms. The molecule has 1 aromatic rings. The van der Waals surface area contributed by atoms with E-state index in [1.54, 1.807) is 6.08 Å². The SMILES string of the molecule is CN(CCO)c1ccc(/C=C(\C#N)C(=O)NC[C@H]2CCCO2)cc1. The van der Waals surface area contributed by atoms with Crippen molar-refractivity contribution < 1.29 is 14.6 Å². The zero-order valence-corrected chi connectivity index (χ0v) is 13.9. The van der Waals surface area contributed by atoms with Crippen molar-refractivity contribution in [2.24, 2.45) is 0 Å². The molecule has 0 aliphatic carbocycles. The van der Waals surface area contributed by atoms with Gasteiger partial charge in [0.1, 0.15) is 11.6 Å². The molecule has 1 aromatic carbocycles. The number of nitrogens with zero attached hydrogens (tertiary/aromatic N) is 2. The smallest absolute Gasteiger partial charge is 0.262 e. The Bertz CT molecular complexity index is 613. The maximum Gasteiger partial charge on any atom is 0.262 e. The van der Waals surface area contributed by atoms with Crippen LogP contribution in [0.1, 0.15) is 18.4 Å². The van der Waals surface area contributed by atoms with E-state index in [0.717, 1.165) is 30.7 Å². The largest absolute Gasteiger partial charge is 0.395 e. The number of anilines is 1. The van der Waals surface area contributed by atoms with Crippen molar-refractivity contribution in [2.45, 2.75) is 18.9 Å². The topological polar surface area (TPSA) is 85.6 Å². The van der Waals surface area contributed by atoms with E-state index in [0.29, 0.717) is 13.1 Å². The third-order valence-electron chi connectivity index (χ3n) is 3.96. The van der Waals surface area contributed by atoms with Gasteiger partial charge in [-0.1, -0.05) is 12.1 Å². The van der Waals surface area contributed by atoms with Gasteiger partial charge in [0.05, 0.1) is 12.7 Å². The summed E-state index contributed by atoms with van der Waals surface area (Å²) < 4.78 is 5.45. The number of nitrogens with one attached hydrogen (secondary N) is 1.